The van der Waals surface area contributed by atoms with Crippen LogP contribution in [0.4, 0.5) is 0 Å². The fourth-order valence-electron chi connectivity index (χ4n) is 3.21. The second-order valence-electron chi connectivity index (χ2n) is 6.80. The number of halogens is 1. The second-order valence-corrected chi connectivity index (χ2v) is 6.80. The molecule has 7 heteroatoms. The third kappa shape index (κ3) is 5.98. The molecule has 0 atom stereocenters. The van der Waals surface area contributed by atoms with Crippen LogP contribution in [0.3, 0.4) is 0 Å². The molecule has 0 bridgehead atoms. The van der Waals surface area contributed by atoms with Gasteiger partial charge in [0.15, 0.2) is 5.96 Å². The van der Waals surface area contributed by atoms with Crippen molar-refractivity contribution in [2.75, 3.05) is 20.1 Å². The summed E-state index contributed by atoms with van der Waals surface area (Å²) in [6.07, 6.45) is 0.791. The number of para-hydroxylation sites is 1. The normalized spacial score (nSPS) is 11.1. The lowest BCUT2D eigenvalue weighted by Gasteiger charge is -2.11. The molecule has 1 amide bonds. The quantitative estimate of drug-likeness (QED) is 0.250. The van der Waals surface area contributed by atoms with Gasteiger partial charge in [0.25, 0.3) is 5.91 Å². The summed E-state index contributed by atoms with van der Waals surface area (Å²) in [5.74, 6) is 1.55. The van der Waals surface area contributed by atoms with Crippen molar-refractivity contribution >= 4 is 46.8 Å². The zero-order valence-electron chi connectivity index (χ0n) is 17.6. The Balaban J connectivity index is 0.00000320. The third-order valence-corrected chi connectivity index (χ3v) is 4.79. The van der Waals surface area contributed by atoms with Crippen LogP contribution in [0.2, 0.25) is 0 Å². The molecule has 0 spiro atoms. The largest absolute Gasteiger partial charge is 0.459 e. The maximum absolute atomic E-state index is 11.8. The van der Waals surface area contributed by atoms with E-state index in [1.807, 2.05) is 49.4 Å². The highest BCUT2D eigenvalue weighted by atomic mass is 127. The zero-order chi connectivity index (χ0) is 20.6. The van der Waals surface area contributed by atoms with Crippen molar-refractivity contribution in [3.05, 3.63) is 71.0 Å². The maximum Gasteiger partial charge on any atom is 0.251 e. The molecule has 0 fully saturated rings. The molecule has 1 aromatic heterocycles. The van der Waals surface area contributed by atoms with Crippen LogP contribution in [-0.2, 0) is 13.0 Å². The summed E-state index contributed by atoms with van der Waals surface area (Å²) in [6, 6.07) is 15.7. The Hall–Kier alpha value is -2.55. The van der Waals surface area contributed by atoms with Gasteiger partial charge in [-0.2, -0.15) is 0 Å². The van der Waals surface area contributed by atoms with E-state index in [1.54, 1.807) is 7.05 Å². The minimum atomic E-state index is -0.0732. The number of carbonyl (C=O) groups excluding carboxylic acids is 1. The molecule has 3 N–H and O–H groups in total. The number of guanidine groups is 1. The van der Waals surface area contributed by atoms with E-state index in [0.29, 0.717) is 18.7 Å². The van der Waals surface area contributed by atoms with Gasteiger partial charge in [0.2, 0.25) is 0 Å². The number of furan rings is 1. The Morgan fingerprint density at radius 2 is 1.90 bits per heavy atom. The summed E-state index contributed by atoms with van der Waals surface area (Å²) >= 11 is 0. The number of hydrogen-bond donors (Lipinski definition) is 3. The van der Waals surface area contributed by atoms with Gasteiger partial charge in [0.05, 0.1) is 0 Å². The van der Waals surface area contributed by atoms with Crippen molar-refractivity contribution in [1.82, 2.24) is 16.0 Å². The minimum absolute atomic E-state index is 0. The first-order valence-electron chi connectivity index (χ1n) is 9.92. The summed E-state index contributed by atoms with van der Waals surface area (Å²) < 4.78 is 5.95. The summed E-state index contributed by atoms with van der Waals surface area (Å²) in [5.41, 5.74) is 3.80. The third-order valence-electron chi connectivity index (χ3n) is 4.79. The van der Waals surface area contributed by atoms with Crippen LogP contribution in [0.15, 0.2) is 57.9 Å². The van der Waals surface area contributed by atoms with E-state index in [2.05, 4.69) is 33.9 Å². The van der Waals surface area contributed by atoms with Crippen LogP contribution >= 0.6 is 24.0 Å². The number of fused-ring (bicyclic) bond motifs is 1. The van der Waals surface area contributed by atoms with Crippen molar-refractivity contribution in [2.24, 2.45) is 4.99 Å². The first-order valence-corrected chi connectivity index (χ1v) is 9.92. The zero-order valence-corrected chi connectivity index (χ0v) is 19.9. The molecule has 0 unspecified atom stereocenters. The van der Waals surface area contributed by atoms with E-state index in [9.17, 15) is 4.79 Å². The molecule has 0 saturated heterocycles. The van der Waals surface area contributed by atoms with E-state index in [1.165, 1.54) is 0 Å². The molecule has 160 valence electrons. The van der Waals surface area contributed by atoms with Crippen LogP contribution in [0, 0.1) is 6.92 Å². The fourth-order valence-corrected chi connectivity index (χ4v) is 3.21. The Morgan fingerprint density at radius 1 is 1.10 bits per heavy atom. The maximum atomic E-state index is 11.8. The van der Waals surface area contributed by atoms with Crippen LogP contribution in [0.5, 0.6) is 0 Å². The molecule has 0 aliphatic carbocycles. The number of benzene rings is 2. The summed E-state index contributed by atoms with van der Waals surface area (Å²) in [4.78, 5) is 16.4. The van der Waals surface area contributed by atoms with E-state index < -0.39 is 0 Å². The van der Waals surface area contributed by atoms with Crippen LogP contribution in [0.25, 0.3) is 11.0 Å². The number of aryl methyl sites for hydroxylation is 1. The predicted octanol–water partition coefficient (Wildman–Crippen LogP) is 4.02. The second kappa shape index (κ2) is 11.6. The van der Waals surface area contributed by atoms with Crippen molar-refractivity contribution in [3.63, 3.8) is 0 Å². The van der Waals surface area contributed by atoms with Gasteiger partial charge in [-0.1, -0.05) is 30.3 Å². The predicted molar refractivity (Wildman–Crippen MR) is 133 cm³/mol. The lowest BCUT2D eigenvalue weighted by molar-refractivity contribution is 0.0963. The van der Waals surface area contributed by atoms with E-state index >= 15 is 0 Å². The Bertz CT molecular complexity index is 1010. The fraction of sp³-hybridized carbons (Fsp3) is 0.304. The summed E-state index contributed by atoms with van der Waals surface area (Å²) in [5, 5.41) is 10.4. The average Bonchev–Trinajstić information content (AvgIpc) is 3.07. The number of hydrogen-bond acceptors (Lipinski definition) is 3. The van der Waals surface area contributed by atoms with Gasteiger partial charge < -0.3 is 20.4 Å². The van der Waals surface area contributed by atoms with Crippen molar-refractivity contribution in [2.45, 2.75) is 26.8 Å². The van der Waals surface area contributed by atoms with Crippen LogP contribution in [-0.4, -0.2) is 32.0 Å². The van der Waals surface area contributed by atoms with E-state index in [0.717, 1.165) is 46.8 Å². The molecule has 0 radical (unpaired) electrons. The summed E-state index contributed by atoms with van der Waals surface area (Å²) in [7, 11) is 1.64. The number of rotatable bonds is 7. The average molecular weight is 520 g/mol. The SMILES string of the molecule is CCNC(=NCc1oc2ccccc2c1C)NCCc1cccc(C(=O)NC)c1.I. The molecular formula is C23H29IN4O2. The Morgan fingerprint density at radius 3 is 2.63 bits per heavy atom. The van der Waals surface area contributed by atoms with Gasteiger partial charge in [-0.25, -0.2) is 4.99 Å². The monoisotopic (exact) mass is 520 g/mol. The van der Waals surface area contributed by atoms with Gasteiger partial charge in [-0.05, 0) is 44.0 Å². The number of aliphatic imine (C=N–C) groups is 1. The minimum Gasteiger partial charge on any atom is -0.459 e. The molecule has 2 aromatic carbocycles. The van der Waals surface area contributed by atoms with Crippen LogP contribution < -0.4 is 16.0 Å². The van der Waals surface area contributed by atoms with Gasteiger partial charge in [-0.15, -0.1) is 24.0 Å². The molecule has 3 rings (SSSR count). The number of amides is 1. The topological polar surface area (TPSA) is 78.7 Å². The van der Waals surface area contributed by atoms with E-state index in [4.69, 9.17) is 4.42 Å². The molecule has 0 saturated carbocycles. The number of nitrogens with zero attached hydrogens (tertiary/aromatic N) is 1. The molecule has 0 aliphatic rings. The van der Waals surface area contributed by atoms with Crippen molar-refractivity contribution < 1.29 is 9.21 Å². The lowest BCUT2D eigenvalue weighted by atomic mass is 10.1. The first kappa shape index (κ1) is 23.7. The van der Waals surface area contributed by atoms with Crippen molar-refractivity contribution in [1.29, 1.82) is 0 Å². The Labute approximate surface area is 194 Å². The highest BCUT2D eigenvalue weighted by Gasteiger charge is 2.10. The van der Waals surface area contributed by atoms with Gasteiger partial charge in [0.1, 0.15) is 17.9 Å². The van der Waals surface area contributed by atoms with Gasteiger partial charge in [-0.3, -0.25) is 4.79 Å². The molecule has 30 heavy (non-hydrogen) atoms. The standard InChI is InChI=1S/C23H28N4O2.HI/c1-4-25-23(26-13-12-17-8-7-9-18(14-17)22(28)24-3)27-15-21-16(2)19-10-5-6-11-20(19)29-21;/h5-11,14H,4,12-13,15H2,1-3H3,(H,24,28)(H2,25,26,27);1H. The van der Waals surface area contributed by atoms with Gasteiger partial charge in [0, 0.05) is 36.7 Å². The summed E-state index contributed by atoms with van der Waals surface area (Å²) in [6.45, 7) is 6.06. The highest BCUT2D eigenvalue weighted by molar-refractivity contribution is 14.0. The molecule has 1 heterocycles. The molecule has 3 aromatic rings. The van der Waals surface area contributed by atoms with Gasteiger partial charge >= 0.3 is 0 Å². The highest BCUT2D eigenvalue weighted by Crippen LogP contribution is 2.25. The lowest BCUT2D eigenvalue weighted by Crippen LogP contribution is -2.38. The van der Waals surface area contributed by atoms with Crippen molar-refractivity contribution in [3.8, 4) is 0 Å². The molecule has 0 aliphatic heterocycles. The molecular weight excluding hydrogens is 491 g/mol. The molecule has 6 nitrogen and oxygen atoms in total. The first-order chi connectivity index (χ1) is 14.1. The Kier molecular flexibility index (Phi) is 9.16. The van der Waals surface area contributed by atoms with E-state index in [-0.39, 0.29) is 29.9 Å². The smallest absolute Gasteiger partial charge is 0.251 e. The number of carbonyl (C=O) groups is 1. The number of nitrogens with one attached hydrogen (secondary N) is 3. The van der Waals surface area contributed by atoms with Crippen LogP contribution in [0.1, 0.15) is 34.2 Å².